The van der Waals surface area contributed by atoms with Crippen molar-refractivity contribution in [2.45, 2.75) is 51.7 Å². The SMILES string of the molecule is C=CCN(Cc1cnc(S(=O)(=O)Cc2ccccc2C)n1CC(C)C)C(=S)NCC. The van der Waals surface area contributed by atoms with Crippen molar-refractivity contribution in [2.75, 3.05) is 13.1 Å². The van der Waals surface area contributed by atoms with Crippen LogP contribution in [0.5, 0.6) is 0 Å². The van der Waals surface area contributed by atoms with E-state index in [-0.39, 0.29) is 16.8 Å². The molecule has 0 atom stereocenters. The molecule has 0 unspecified atom stereocenters. The summed E-state index contributed by atoms with van der Waals surface area (Å²) in [6.07, 6.45) is 3.43. The zero-order valence-electron chi connectivity index (χ0n) is 18.3. The highest BCUT2D eigenvalue weighted by Crippen LogP contribution is 2.21. The molecule has 1 N–H and O–H groups in total. The van der Waals surface area contributed by atoms with Gasteiger partial charge in [-0.05, 0) is 43.1 Å². The van der Waals surface area contributed by atoms with E-state index >= 15 is 0 Å². The highest BCUT2D eigenvalue weighted by molar-refractivity contribution is 7.90. The monoisotopic (exact) mass is 448 g/mol. The molecule has 0 spiro atoms. The zero-order valence-corrected chi connectivity index (χ0v) is 19.9. The first-order valence-electron chi connectivity index (χ1n) is 10.1. The summed E-state index contributed by atoms with van der Waals surface area (Å²) in [4.78, 5) is 6.30. The lowest BCUT2D eigenvalue weighted by atomic mass is 10.1. The third-order valence-electron chi connectivity index (χ3n) is 4.65. The largest absolute Gasteiger partial charge is 0.363 e. The van der Waals surface area contributed by atoms with Crippen LogP contribution in [0.4, 0.5) is 0 Å². The average Bonchev–Trinajstić information content (AvgIpc) is 3.06. The molecule has 0 aliphatic carbocycles. The second-order valence-electron chi connectivity index (χ2n) is 7.73. The average molecular weight is 449 g/mol. The summed E-state index contributed by atoms with van der Waals surface area (Å²) < 4.78 is 28.4. The van der Waals surface area contributed by atoms with Gasteiger partial charge >= 0.3 is 0 Å². The first kappa shape index (κ1) is 24.1. The summed E-state index contributed by atoms with van der Waals surface area (Å²) in [5.41, 5.74) is 2.56. The first-order valence-corrected chi connectivity index (χ1v) is 12.2. The maximum Gasteiger partial charge on any atom is 0.228 e. The predicted molar refractivity (Wildman–Crippen MR) is 126 cm³/mol. The smallest absolute Gasteiger partial charge is 0.228 e. The van der Waals surface area contributed by atoms with Crippen LogP contribution in [0.15, 0.2) is 48.3 Å². The van der Waals surface area contributed by atoms with E-state index in [1.165, 1.54) is 0 Å². The van der Waals surface area contributed by atoms with Crippen LogP contribution < -0.4 is 5.32 Å². The number of sulfone groups is 1. The van der Waals surface area contributed by atoms with Crippen molar-refractivity contribution in [3.05, 3.63) is 59.9 Å². The molecule has 164 valence electrons. The van der Waals surface area contributed by atoms with Gasteiger partial charge in [-0.15, -0.1) is 6.58 Å². The first-order chi connectivity index (χ1) is 14.2. The van der Waals surface area contributed by atoms with E-state index in [1.807, 2.05) is 47.6 Å². The topological polar surface area (TPSA) is 67.2 Å². The lowest BCUT2D eigenvalue weighted by molar-refractivity contribution is 0.406. The molecule has 1 heterocycles. The standard InChI is InChI=1S/C22H32N4O2S2/c1-6-12-25(21(29)23-7-2)15-20-13-24-22(26(20)14-17(3)4)30(27,28)16-19-11-9-8-10-18(19)5/h6,8-11,13,17H,1,7,12,14-16H2,2-5H3,(H,23,29). The van der Waals surface area contributed by atoms with Crippen molar-refractivity contribution in [2.24, 2.45) is 5.92 Å². The molecule has 0 saturated heterocycles. The second-order valence-corrected chi connectivity index (χ2v) is 10.00. The Hall–Kier alpha value is -2.19. The minimum atomic E-state index is -3.61. The Morgan fingerprint density at radius 3 is 2.67 bits per heavy atom. The number of aryl methyl sites for hydroxylation is 1. The van der Waals surface area contributed by atoms with Crippen molar-refractivity contribution >= 4 is 27.2 Å². The molecule has 0 amide bonds. The van der Waals surface area contributed by atoms with E-state index in [9.17, 15) is 8.42 Å². The fraction of sp³-hybridized carbons (Fsp3) is 0.455. The number of aromatic nitrogens is 2. The van der Waals surface area contributed by atoms with Crippen LogP contribution in [0.1, 0.15) is 37.6 Å². The molecule has 6 nitrogen and oxygen atoms in total. The maximum atomic E-state index is 13.3. The third-order valence-corrected chi connectivity index (χ3v) is 6.63. The van der Waals surface area contributed by atoms with Gasteiger partial charge in [-0.3, -0.25) is 0 Å². The fourth-order valence-corrected chi connectivity index (χ4v) is 5.09. The number of nitrogens with one attached hydrogen (secondary N) is 1. The highest BCUT2D eigenvalue weighted by Gasteiger charge is 2.25. The van der Waals surface area contributed by atoms with E-state index in [2.05, 4.69) is 30.7 Å². The normalized spacial score (nSPS) is 11.5. The van der Waals surface area contributed by atoms with Gasteiger partial charge in [0, 0.05) is 19.6 Å². The number of benzene rings is 1. The van der Waals surface area contributed by atoms with Crippen LogP contribution in [0.25, 0.3) is 0 Å². The highest BCUT2D eigenvalue weighted by atomic mass is 32.2. The Morgan fingerprint density at radius 2 is 2.07 bits per heavy atom. The fourth-order valence-electron chi connectivity index (χ4n) is 3.20. The molecule has 30 heavy (non-hydrogen) atoms. The molecule has 1 aromatic carbocycles. The van der Waals surface area contributed by atoms with Gasteiger partial charge < -0.3 is 14.8 Å². The van der Waals surface area contributed by atoms with Gasteiger partial charge in [-0.25, -0.2) is 13.4 Å². The van der Waals surface area contributed by atoms with Crippen LogP contribution in [-0.4, -0.2) is 41.1 Å². The van der Waals surface area contributed by atoms with Crippen molar-refractivity contribution in [3.8, 4) is 0 Å². The van der Waals surface area contributed by atoms with Crippen molar-refractivity contribution in [1.29, 1.82) is 0 Å². The molecule has 0 saturated carbocycles. The van der Waals surface area contributed by atoms with Gasteiger partial charge in [-0.2, -0.15) is 0 Å². The van der Waals surface area contributed by atoms with Crippen molar-refractivity contribution in [3.63, 3.8) is 0 Å². The minimum absolute atomic E-state index is 0.0691. The Kier molecular flexibility index (Phi) is 8.61. The van der Waals surface area contributed by atoms with Crippen LogP contribution in [0.3, 0.4) is 0 Å². The molecule has 0 bridgehead atoms. The van der Waals surface area contributed by atoms with Crippen LogP contribution >= 0.6 is 12.2 Å². The molecule has 1 aromatic heterocycles. The van der Waals surface area contributed by atoms with Gasteiger partial charge in [0.2, 0.25) is 15.0 Å². The molecule has 2 aromatic rings. The van der Waals surface area contributed by atoms with Crippen LogP contribution in [0, 0.1) is 12.8 Å². The summed E-state index contributed by atoms with van der Waals surface area (Å²) in [6.45, 7) is 14.1. The number of hydrogen-bond acceptors (Lipinski definition) is 4. The molecule has 0 fully saturated rings. The van der Waals surface area contributed by atoms with Crippen molar-refractivity contribution < 1.29 is 8.42 Å². The number of hydrogen-bond donors (Lipinski definition) is 1. The van der Waals surface area contributed by atoms with Gasteiger partial charge in [0.25, 0.3) is 0 Å². The van der Waals surface area contributed by atoms with Crippen LogP contribution in [-0.2, 0) is 28.7 Å². The molecular formula is C22H32N4O2S2. The summed E-state index contributed by atoms with van der Waals surface area (Å²) >= 11 is 5.47. The summed E-state index contributed by atoms with van der Waals surface area (Å²) in [5.74, 6) is 0.194. The van der Waals surface area contributed by atoms with Gasteiger partial charge in [-0.1, -0.05) is 44.2 Å². The van der Waals surface area contributed by atoms with E-state index in [0.717, 1.165) is 16.8 Å². The molecule has 0 aliphatic rings. The predicted octanol–water partition coefficient (Wildman–Crippen LogP) is 3.70. The van der Waals surface area contributed by atoms with Crippen molar-refractivity contribution in [1.82, 2.24) is 19.8 Å². The lowest BCUT2D eigenvalue weighted by Crippen LogP contribution is -2.39. The molecule has 8 heteroatoms. The maximum absolute atomic E-state index is 13.3. The summed E-state index contributed by atoms with van der Waals surface area (Å²) in [7, 11) is -3.61. The third kappa shape index (κ3) is 6.15. The van der Waals surface area contributed by atoms with E-state index < -0.39 is 9.84 Å². The Morgan fingerprint density at radius 1 is 1.37 bits per heavy atom. The van der Waals surface area contributed by atoms with E-state index in [0.29, 0.717) is 31.3 Å². The zero-order chi connectivity index (χ0) is 22.3. The lowest BCUT2D eigenvalue weighted by Gasteiger charge is -2.25. The molecule has 2 rings (SSSR count). The Labute approximate surface area is 185 Å². The van der Waals surface area contributed by atoms with Crippen LogP contribution in [0.2, 0.25) is 0 Å². The Balaban J connectivity index is 2.41. The number of rotatable bonds is 10. The second kappa shape index (κ2) is 10.7. The number of nitrogens with zero attached hydrogens (tertiary/aromatic N) is 3. The molecule has 0 aliphatic heterocycles. The van der Waals surface area contributed by atoms with Gasteiger partial charge in [0.15, 0.2) is 5.11 Å². The molecular weight excluding hydrogens is 416 g/mol. The number of thiocarbonyl (C=S) groups is 1. The van der Waals surface area contributed by atoms with Gasteiger partial charge in [0.1, 0.15) is 0 Å². The quantitative estimate of drug-likeness (QED) is 0.442. The van der Waals surface area contributed by atoms with E-state index in [1.54, 1.807) is 12.3 Å². The minimum Gasteiger partial charge on any atom is -0.363 e. The van der Waals surface area contributed by atoms with Gasteiger partial charge in [0.05, 0.1) is 24.2 Å². The Bertz CT molecular complexity index is 981. The molecule has 0 radical (unpaired) electrons. The number of imidazole rings is 1. The summed E-state index contributed by atoms with van der Waals surface area (Å²) in [6, 6.07) is 7.54. The summed E-state index contributed by atoms with van der Waals surface area (Å²) in [5, 5.41) is 3.87. The van der Waals surface area contributed by atoms with E-state index in [4.69, 9.17) is 12.2 Å².